The number of hydrogen-bond donors (Lipinski definition) is 7. The van der Waals surface area contributed by atoms with E-state index in [1.165, 1.54) is 0 Å². The van der Waals surface area contributed by atoms with Crippen LogP contribution in [0.15, 0.2) is 0 Å². The van der Waals surface area contributed by atoms with Gasteiger partial charge >= 0.3 is 0 Å². The van der Waals surface area contributed by atoms with Gasteiger partial charge in [0.2, 0.25) is 0 Å². The van der Waals surface area contributed by atoms with Gasteiger partial charge in [-0.2, -0.15) is 0 Å². The lowest BCUT2D eigenvalue weighted by Gasteiger charge is -2.17. The minimum atomic E-state index is -0.681. The van der Waals surface area contributed by atoms with E-state index in [4.69, 9.17) is 37.0 Å². The highest BCUT2D eigenvalue weighted by atomic mass is 16.3. The molecule has 0 saturated heterocycles. The van der Waals surface area contributed by atoms with Gasteiger partial charge in [-0.05, 0) is 27.7 Å². The SMILES string of the molecule is CC(C)(N)CO.CC(C)(O)CN.OCCN(CCO)CCO. The molecule has 8 heteroatoms. The zero-order chi connectivity index (χ0) is 18.2. The molecule has 0 amide bonds. The van der Waals surface area contributed by atoms with Crippen molar-refractivity contribution in [2.45, 2.75) is 38.8 Å². The Morgan fingerprint density at radius 2 is 1.05 bits per heavy atom. The Kier molecular flexibility index (Phi) is 18.8. The highest BCUT2D eigenvalue weighted by Crippen LogP contribution is 1.93. The summed E-state index contributed by atoms with van der Waals surface area (Å²) in [6, 6.07) is 0. The summed E-state index contributed by atoms with van der Waals surface area (Å²) >= 11 is 0. The minimum Gasteiger partial charge on any atom is -0.395 e. The maximum atomic E-state index is 8.70. The van der Waals surface area contributed by atoms with Crippen molar-refractivity contribution < 1.29 is 25.5 Å². The van der Waals surface area contributed by atoms with E-state index in [-0.39, 0.29) is 26.4 Å². The van der Waals surface area contributed by atoms with E-state index in [0.29, 0.717) is 26.2 Å². The van der Waals surface area contributed by atoms with Gasteiger partial charge in [-0.15, -0.1) is 0 Å². The Labute approximate surface area is 134 Å². The molecule has 0 aromatic rings. The quantitative estimate of drug-likeness (QED) is 0.262. The van der Waals surface area contributed by atoms with Crippen molar-refractivity contribution in [2.24, 2.45) is 11.5 Å². The normalized spacial score (nSPS) is 11.5. The van der Waals surface area contributed by atoms with E-state index < -0.39 is 11.1 Å². The third-order valence-electron chi connectivity index (χ3n) is 2.16. The third kappa shape index (κ3) is 31.9. The molecule has 0 rings (SSSR count). The number of aliphatic hydroxyl groups is 5. The molecule has 0 bridgehead atoms. The van der Waals surface area contributed by atoms with E-state index in [1.807, 2.05) is 0 Å². The van der Waals surface area contributed by atoms with Gasteiger partial charge in [0.1, 0.15) is 0 Å². The fraction of sp³-hybridized carbons (Fsp3) is 1.00. The van der Waals surface area contributed by atoms with E-state index in [1.54, 1.807) is 32.6 Å². The van der Waals surface area contributed by atoms with Crippen LogP contribution >= 0.6 is 0 Å². The minimum absolute atomic E-state index is 0.0486. The van der Waals surface area contributed by atoms with Crippen molar-refractivity contribution in [3.8, 4) is 0 Å². The topological polar surface area (TPSA) is 156 Å². The maximum absolute atomic E-state index is 8.70. The zero-order valence-electron chi connectivity index (χ0n) is 14.5. The summed E-state index contributed by atoms with van der Waals surface area (Å²) in [5.74, 6) is 0. The number of aliphatic hydroxyl groups excluding tert-OH is 4. The second kappa shape index (κ2) is 15.6. The fourth-order valence-corrected chi connectivity index (χ4v) is 0.760. The molecule has 0 fully saturated rings. The summed E-state index contributed by atoms with van der Waals surface area (Å²) in [5.41, 5.74) is 9.26. The first kappa shape index (κ1) is 26.6. The first-order valence-corrected chi connectivity index (χ1v) is 7.34. The smallest absolute Gasteiger partial charge is 0.0713 e. The molecule has 0 aliphatic carbocycles. The lowest BCUT2D eigenvalue weighted by atomic mass is 10.1. The van der Waals surface area contributed by atoms with Crippen molar-refractivity contribution in [1.82, 2.24) is 4.90 Å². The highest BCUT2D eigenvalue weighted by molar-refractivity contribution is 4.67. The predicted molar refractivity (Wildman–Crippen MR) is 88.4 cm³/mol. The number of nitrogens with zero attached hydrogens (tertiary/aromatic N) is 1. The van der Waals surface area contributed by atoms with Crippen LogP contribution in [0, 0.1) is 0 Å². The fourth-order valence-electron chi connectivity index (χ4n) is 0.760. The molecule has 0 aromatic carbocycles. The van der Waals surface area contributed by atoms with Crippen LogP contribution < -0.4 is 11.5 Å². The average Bonchev–Trinajstić information content (AvgIpc) is 2.39. The van der Waals surface area contributed by atoms with Crippen LogP contribution in [0.5, 0.6) is 0 Å². The molecule has 8 nitrogen and oxygen atoms in total. The van der Waals surface area contributed by atoms with Gasteiger partial charge in [0.05, 0.1) is 32.0 Å². The van der Waals surface area contributed by atoms with Crippen molar-refractivity contribution >= 4 is 0 Å². The number of hydrogen-bond acceptors (Lipinski definition) is 8. The van der Waals surface area contributed by atoms with Crippen molar-refractivity contribution in [3.63, 3.8) is 0 Å². The van der Waals surface area contributed by atoms with Gasteiger partial charge in [0.15, 0.2) is 0 Å². The van der Waals surface area contributed by atoms with Gasteiger partial charge in [0.25, 0.3) is 0 Å². The summed E-state index contributed by atoms with van der Waals surface area (Å²) in [5, 5.41) is 42.4. The third-order valence-corrected chi connectivity index (χ3v) is 2.16. The van der Waals surface area contributed by atoms with E-state index >= 15 is 0 Å². The van der Waals surface area contributed by atoms with Crippen LogP contribution in [-0.2, 0) is 0 Å². The predicted octanol–water partition coefficient (Wildman–Crippen LogP) is -2.30. The molecule has 0 aliphatic heterocycles. The van der Waals surface area contributed by atoms with E-state index in [2.05, 4.69) is 0 Å². The molecule has 0 heterocycles. The molecular weight excluding hydrogens is 290 g/mol. The first-order valence-electron chi connectivity index (χ1n) is 7.34. The average molecular weight is 327 g/mol. The Bertz CT molecular complexity index is 189. The van der Waals surface area contributed by atoms with Gasteiger partial charge in [-0.25, -0.2) is 0 Å². The van der Waals surface area contributed by atoms with Crippen molar-refractivity contribution in [3.05, 3.63) is 0 Å². The van der Waals surface area contributed by atoms with Crippen LogP contribution in [0.4, 0.5) is 0 Å². The molecule has 0 aliphatic rings. The molecule has 0 saturated carbocycles. The van der Waals surface area contributed by atoms with Crippen LogP contribution in [0.3, 0.4) is 0 Å². The van der Waals surface area contributed by atoms with Crippen LogP contribution in [-0.4, -0.2) is 94.2 Å². The van der Waals surface area contributed by atoms with Gasteiger partial charge in [0, 0.05) is 31.7 Å². The second-order valence-electron chi connectivity index (χ2n) is 6.18. The molecule has 0 atom stereocenters. The lowest BCUT2D eigenvalue weighted by Crippen LogP contribution is -2.35. The van der Waals surface area contributed by atoms with Crippen LogP contribution in [0.2, 0.25) is 0 Å². The molecule has 0 aromatic heterocycles. The van der Waals surface area contributed by atoms with Gasteiger partial charge in [-0.3, -0.25) is 4.90 Å². The summed E-state index contributed by atoms with van der Waals surface area (Å²) in [6.45, 7) is 9.02. The maximum Gasteiger partial charge on any atom is 0.0713 e. The van der Waals surface area contributed by atoms with E-state index in [9.17, 15) is 0 Å². The largest absolute Gasteiger partial charge is 0.395 e. The number of rotatable bonds is 8. The summed E-state index contributed by atoms with van der Waals surface area (Å²) in [6.07, 6.45) is 0. The molecule has 0 radical (unpaired) electrons. The highest BCUT2D eigenvalue weighted by Gasteiger charge is 2.06. The Morgan fingerprint density at radius 1 is 0.818 bits per heavy atom. The lowest BCUT2D eigenvalue weighted by molar-refractivity contribution is 0.0898. The monoisotopic (exact) mass is 327 g/mol. The second-order valence-corrected chi connectivity index (χ2v) is 6.18. The van der Waals surface area contributed by atoms with E-state index in [0.717, 1.165) is 0 Å². The number of nitrogens with two attached hydrogens (primary N) is 2. The zero-order valence-corrected chi connectivity index (χ0v) is 14.5. The van der Waals surface area contributed by atoms with Crippen LogP contribution in [0.1, 0.15) is 27.7 Å². The van der Waals surface area contributed by atoms with Gasteiger partial charge < -0.3 is 37.0 Å². The van der Waals surface area contributed by atoms with Crippen LogP contribution in [0.25, 0.3) is 0 Å². The Balaban J connectivity index is -0.000000261. The van der Waals surface area contributed by atoms with Crippen molar-refractivity contribution in [2.75, 3.05) is 52.6 Å². The molecule has 22 heavy (non-hydrogen) atoms. The van der Waals surface area contributed by atoms with Crippen molar-refractivity contribution in [1.29, 1.82) is 0 Å². The van der Waals surface area contributed by atoms with Gasteiger partial charge in [-0.1, -0.05) is 0 Å². The Morgan fingerprint density at radius 3 is 1.14 bits per heavy atom. The molecule has 0 unspecified atom stereocenters. The molecule has 0 spiro atoms. The molecule has 138 valence electrons. The molecule has 9 N–H and O–H groups in total. The Hall–Kier alpha value is -0.320. The first-order chi connectivity index (χ1) is 9.97. The summed E-state index contributed by atoms with van der Waals surface area (Å²) in [7, 11) is 0. The molecular formula is C14H37N3O5. The summed E-state index contributed by atoms with van der Waals surface area (Å²) in [4.78, 5) is 1.79. The summed E-state index contributed by atoms with van der Waals surface area (Å²) < 4.78 is 0. The standard InChI is InChI=1S/C6H15NO3.2C4H11NO/c8-4-1-7(2-5-9)3-6-10;1-4(2,5)3-6;1-4(2,6)3-5/h8-10H,1-6H2;2*6H,3,5H2,1-2H3.